The number of hydrogen-bond acceptors (Lipinski definition) is 4. The van der Waals surface area contributed by atoms with Crippen LogP contribution >= 0.6 is 0 Å². The number of benzene rings is 3. The van der Waals surface area contributed by atoms with Gasteiger partial charge in [-0.25, -0.2) is 4.79 Å². The minimum atomic E-state index is -0.684. The van der Waals surface area contributed by atoms with Crippen LogP contribution in [-0.2, 0) is 6.42 Å². The largest absolute Gasteiger partial charge is 0.482 e. The van der Waals surface area contributed by atoms with Crippen molar-refractivity contribution >= 4 is 16.8 Å². The minimum Gasteiger partial charge on any atom is -0.482 e. The van der Waals surface area contributed by atoms with Crippen LogP contribution in [0.2, 0.25) is 0 Å². The molecule has 3 aromatic carbocycles. The van der Waals surface area contributed by atoms with Gasteiger partial charge < -0.3 is 9.15 Å². The van der Waals surface area contributed by atoms with Crippen molar-refractivity contribution in [3.8, 4) is 5.75 Å². The summed E-state index contributed by atoms with van der Waals surface area (Å²) in [6.45, 7) is 5.55. The maximum absolute atomic E-state index is 12.8. The van der Waals surface area contributed by atoms with Gasteiger partial charge in [-0.05, 0) is 49.6 Å². The van der Waals surface area contributed by atoms with Crippen LogP contribution in [0.1, 0.15) is 39.5 Å². The highest BCUT2D eigenvalue weighted by Gasteiger charge is 2.21. The van der Waals surface area contributed by atoms with E-state index in [1.54, 1.807) is 19.1 Å². The lowest BCUT2D eigenvalue weighted by Crippen LogP contribution is -2.24. The zero-order valence-corrected chi connectivity index (χ0v) is 17.8. The number of ether oxygens (including phenoxy) is 1. The first-order chi connectivity index (χ1) is 14.9. The van der Waals surface area contributed by atoms with Crippen LogP contribution in [0.15, 0.2) is 82.0 Å². The van der Waals surface area contributed by atoms with Crippen molar-refractivity contribution in [3.05, 3.63) is 111 Å². The third kappa shape index (κ3) is 4.29. The van der Waals surface area contributed by atoms with E-state index in [0.717, 1.165) is 22.1 Å². The van der Waals surface area contributed by atoms with E-state index in [2.05, 4.69) is 0 Å². The molecular weight excluding hydrogens is 388 g/mol. The van der Waals surface area contributed by atoms with Crippen molar-refractivity contribution in [1.82, 2.24) is 0 Å². The number of ketones is 1. The molecule has 31 heavy (non-hydrogen) atoms. The number of carbonyl (C=O) groups is 1. The first-order valence-electron chi connectivity index (χ1n) is 10.3. The molecule has 0 N–H and O–H groups in total. The van der Waals surface area contributed by atoms with Gasteiger partial charge in [0.1, 0.15) is 11.3 Å². The number of Topliss-reactive ketones (excluding diaryl/α,β-unsaturated/α-hetero) is 1. The average molecular weight is 412 g/mol. The van der Waals surface area contributed by atoms with Gasteiger partial charge in [0.05, 0.1) is 5.39 Å². The van der Waals surface area contributed by atoms with Crippen molar-refractivity contribution in [3.63, 3.8) is 0 Å². The van der Waals surface area contributed by atoms with E-state index in [9.17, 15) is 9.59 Å². The zero-order chi connectivity index (χ0) is 22.0. The summed E-state index contributed by atoms with van der Waals surface area (Å²) in [4.78, 5) is 25.6. The van der Waals surface area contributed by atoms with Crippen LogP contribution in [-0.4, -0.2) is 11.9 Å². The molecule has 156 valence electrons. The molecule has 0 unspecified atom stereocenters. The molecule has 0 aliphatic carbocycles. The summed E-state index contributed by atoms with van der Waals surface area (Å²) in [6.07, 6.45) is -0.215. The van der Waals surface area contributed by atoms with Gasteiger partial charge in [-0.2, -0.15) is 0 Å². The van der Waals surface area contributed by atoms with E-state index in [-0.39, 0.29) is 11.4 Å². The van der Waals surface area contributed by atoms with E-state index in [1.807, 2.05) is 74.5 Å². The molecule has 1 aromatic heterocycles. The number of carbonyl (C=O) groups excluding carboxylic acids is 1. The highest BCUT2D eigenvalue weighted by molar-refractivity contribution is 5.99. The summed E-state index contributed by atoms with van der Waals surface area (Å²) in [5.41, 5.74) is 4.03. The molecule has 0 bridgehead atoms. The van der Waals surface area contributed by atoms with Crippen LogP contribution < -0.4 is 10.4 Å². The second-order valence-corrected chi connectivity index (χ2v) is 7.78. The molecular formula is C27H24O4. The van der Waals surface area contributed by atoms with Crippen molar-refractivity contribution < 1.29 is 13.9 Å². The fourth-order valence-corrected chi connectivity index (χ4v) is 3.82. The third-order valence-corrected chi connectivity index (χ3v) is 5.44. The van der Waals surface area contributed by atoms with Crippen molar-refractivity contribution in [2.45, 2.75) is 33.3 Å². The van der Waals surface area contributed by atoms with Gasteiger partial charge in [0.15, 0.2) is 6.10 Å². The Bertz CT molecular complexity index is 1290. The van der Waals surface area contributed by atoms with Crippen molar-refractivity contribution in [1.29, 1.82) is 0 Å². The second-order valence-electron chi connectivity index (χ2n) is 7.78. The van der Waals surface area contributed by atoms with E-state index >= 15 is 0 Å². The molecule has 0 amide bonds. The topological polar surface area (TPSA) is 56.5 Å². The van der Waals surface area contributed by atoms with Gasteiger partial charge in [-0.1, -0.05) is 60.7 Å². The molecule has 0 aliphatic rings. The second kappa shape index (κ2) is 8.60. The summed E-state index contributed by atoms with van der Waals surface area (Å²) in [5, 5.41) is 0.726. The van der Waals surface area contributed by atoms with Crippen LogP contribution in [0.4, 0.5) is 0 Å². The Morgan fingerprint density at radius 3 is 2.29 bits per heavy atom. The van der Waals surface area contributed by atoms with Gasteiger partial charge in [0.25, 0.3) is 0 Å². The highest BCUT2D eigenvalue weighted by Crippen LogP contribution is 2.32. The van der Waals surface area contributed by atoms with E-state index in [1.165, 1.54) is 0 Å². The standard InChI is InChI=1S/C27H24O4/c1-17-14-23(30-19(3)26(28)21-12-8-5-9-13-21)25-18(2)22(27(29)31-24(25)15-17)16-20-10-6-4-7-11-20/h4-15,19H,16H2,1-3H3/t19-/m0/s1. The Balaban J connectivity index is 1.77. The van der Waals surface area contributed by atoms with Crippen molar-refractivity contribution in [2.75, 3.05) is 0 Å². The van der Waals surface area contributed by atoms with Crippen LogP contribution in [0, 0.1) is 13.8 Å². The maximum atomic E-state index is 12.8. The molecule has 4 heteroatoms. The van der Waals surface area contributed by atoms with Gasteiger partial charge in [0, 0.05) is 17.5 Å². The molecule has 4 aromatic rings. The molecule has 0 spiro atoms. The van der Waals surface area contributed by atoms with Crippen LogP contribution in [0.3, 0.4) is 0 Å². The van der Waals surface area contributed by atoms with E-state index < -0.39 is 6.10 Å². The van der Waals surface area contributed by atoms with E-state index in [0.29, 0.717) is 28.9 Å². The lowest BCUT2D eigenvalue weighted by atomic mass is 9.98. The molecule has 0 radical (unpaired) electrons. The average Bonchev–Trinajstić information content (AvgIpc) is 2.77. The fraction of sp³-hybridized carbons (Fsp3) is 0.185. The monoisotopic (exact) mass is 412 g/mol. The van der Waals surface area contributed by atoms with Crippen molar-refractivity contribution in [2.24, 2.45) is 0 Å². The van der Waals surface area contributed by atoms with E-state index in [4.69, 9.17) is 9.15 Å². The molecule has 1 atom stereocenters. The summed E-state index contributed by atoms with van der Waals surface area (Å²) in [7, 11) is 0. The molecule has 1 heterocycles. The van der Waals surface area contributed by atoms with Crippen LogP contribution in [0.25, 0.3) is 11.0 Å². The highest BCUT2D eigenvalue weighted by atomic mass is 16.5. The van der Waals surface area contributed by atoms with Gasteiger partial charge in [-0.3, -0.25) is 4.79 Å². The third-order valence-electron chi connectivity index (χ3n) is 5.44. The Labute approximate surface area is 181 Å². The number of fused-ring (bicyclic) bond motifs is 1. The molecule has 0 aliphatic heterocycles. The minimum absolute atomic E-state index is 0.102. The number of aryl methyl sites for hydroxylation is 2. The normalized spacial score (nSPS) is 12.0. The lowest BCUT2D eigenvalue weighted by molar-refractivity contribution is 0.0820. The van der Waals surface area contributed by atoms with Gasteiger partial charge in [0.2, 0.25) is 5.78 Å². The molecule has 0 fully saturated rings. The Morgan fingerprint density at radius 1 is 0.968 bits per heavy atom. The summed E-state index contributed by atoms with van der Waals surface area (Å²) < 4.78 is 11.8. The Morgan fingerprint density at radius 2 is 1.61 bits per heavy atom. The SMILES string of the molecule is Cc1cc(O[C@@H](C)C(=O)c2ccccc2)c2c(C)c(Cc3ccccc3)c(=O)oc2c1. The zero-order valence-electron chi connectivity index (χ0n) is 17.8. The van der Waals surface area contributed by atoms with Gasteiger partial charge >= 0.3 is 5.63 Å². The first kappa shape index (κ1) is 20.6. The predicted molar refractivity (Wildman–Crippen MR) is 122 cm³/mol. The summed E-state index contributed by atoms with van der Waals surface area (Å²) >= 11 is 0. The number of rotatable bonds is 6. The Kier molecular flexibility index (Phi) is 5.72. The summed E-state index contributed by atoms with van der Waals surface area (Å²) in [6, 6.07) is 22.6. The lowest BCUT2D eigenvalue weighted by Gasteiger charge is -2.18. The fourth-order valence-electron chi connectivity index (χ4n) is 3.82. The van der Waals surface area contributed by atoms with Gasteiger partial charge in [-0.15, -0.1) is 0 Å². The predicted octanol–water partition coefficient (Wildman–Crippen LogP) is 5.65. The quantitative estimate of drug-likeness (QED) is 0.303. The molecule has 4 rings (SSSR count). The van der Waals surface area contributed by atoms with Crippen LogP contribution in [0.5, 0.6) is 5.75 Å². The summed E-state index contributed by atoms with van der Waals surface area (Å²) in [5.74, 6) is 0.442. The Hall–Kier alpha value is -3.66. The number of hydrogen-bond donors (Lipinski definition) is 0. The molecule has 4 nitrogen and oxygen atoms in total. The smallest absolute Gasteiger partial charge is 0.340 e. The first-order valence-corrected chi connectivity index (χ1v) is 10.3. The molecule has 0 saturated carbocycles. The molecule has 0 saturated heterocycles. The maximum Gasteiger partial charge on any atom is 0.340 e.